The van der Waals surface area contributed by atoms with Gasteiger partial charge in [0.2, 0.25) is 0 Å². The van der Waals surface area contributed by atoms with Crippen molar-refractivity contribution < 1.29 is 17.7 Å². The second-order valence-electron chi connectivity index (χ2n) is 21.3. The zero-order chi connectivity index (χ0) is 54.7. The number of nitrogens with zero attached hydrogens (tertiary/aromatic N) is 4. The fourth-order valence-corrected chi connectivity index (χ4v) is 10.4. The molecule has 0 N–H and O–H groups in total. The van der Waals surface area contributed by atoms with Crippen LogP contribution in [0.2, 0.25) is 0 Å². The Balaban J connectivity index is 1.18. The summed E-state index contributed by atoms with van der Waals surface area (Å²) < 4.78 is 71.7. The van der Waals surface area contributed by atoms with Gasteiger partial charge in [0.05, 0.1) is 33.6 Å². The van der Waals surface area contributed by atoms with Gasteiger partial charge in [0, 0.05) is 65.3 Å². The van der Waals surface area contributed by atoms with Crippen LogP contribution in [0.1, 0.15) is 80.3 Å². The number of fused-ring (bicyclic) bond motifs is 5. The Labute approximate surface area is 432 Å². The van der Waals surface area contributed by atoms with Crippen LogP contribution >= 0.6 is 0 Å². The van der Waals surface area contributed by atoms with Gasteiger partial charge in [-0.15, -0.1) is 0 Å². The van der Waals surface area contributed by atoms with Gasteiger partial charge in [-0.3, -0.25) is 4.57 Å². The monoisotopic (exact) mass is 947 g/mol. The van der Waals surface area contributed by atoms with Crippen LogP contribution in [0.4, 0.5) is 22.7 Å². The zero-order valence-electron chi connectivity index (χ0n) is 48.0. The molecule has 0 saturated heterocycles. The van der Waals surface area contributed by atoms with Gasteiger partial charge in [0.25, 0.3) is 0 Å². The maximum Gasteiger partial charge on any atom is 0.137 e. The molecule has 0 fully saturated rings. The van der Waals surface area contributed by atoms with E-state index in [0.717, 1.165) is 50.6 Å². The maximum atomic E-state index is 9.77. The minimum Gasteiger partial charge on any atom is -0.457 e. The van der Waals surface area contributed by atoms with Crippen LogP contribution in [0.5, 0.6) is 23.0 Å². The highest BCUT2D eigenvalue weighted by molar-refractivity contribution is 6.09. The summed E-state index contributed by atoms with van der Waals surface area (Å²) in [4.78, 5) is 9.86. The second kappa shape index (κ2) is 17.3. The van der Waals surface area contributed by atoms with Crippen LogP contribution in [0, 0.1) is 5.92 Å². The zero-order valence-corrected chi connectivity index (χ0v) is 42.0. The average molecular weight is 947 g/mol. The van der Waals surface area contributed by atoms with Gasteiger partial charge in [-0.25, -0.2) is 4.98 Å². The van der Waals surface area contributed by atoms with Crippen molar-refractivity contribution >= 4 is 44.6 Å². The summed E-state index contributed by atoms with van der Waals surface area (Å²) in [5.41, 5.74) is 12.1. The van der Waals surface area contributed by atoms with E-state index in [9.17, 15) is 5.48 Å². The van der Waals surface area contributed by atoms with Crippen LogP contribution in [-0.2, 0) is 17.2 Å². The highest BCUT2D eigenvalue weighted by atomic mass is 16.5. The van der Waals surface area contributed by atoms with Crippen LogP contribution < -0.4 is 19.3 Å². The maximum absolute atomic E-state index is 9.77. The lowest BCUT2D eigenvalue weighted by atomic mass is 9.82. The topological polar surface area (TPSA) is 42.8 Å². The first-order valence-corrected chi connectivity index (χ1v) is 24.8. The molecule has 72 heavy (non-hydrogen) atoms. The molecule has 0 spiro atoms. The summed E-state index contributed by atoms with van der Waals surface area (Å²) >= 11 is 0. The van der Waals surface area contributed by atoms with Crippen molar-refractivity contribution in [1.29, 1.82) is 0 Å². The number of rotatable bonds is 3. The van der Waals surface area contributed by atoms with Crippen LogP contribution in [0.15, 0.2) is 188 Å². The number of anilines is 4. The van der Waals surface area contributed by atoms with Gasteiger partial charge < -0.3 is 19.3 Å². The van der Waals surface area contributed by atoms with E-state index >= 15 is 0 Å². The molecule has 3 aliphatic heterocycles. The summed E-state index contributed by atoms with van der Waals surface area (Å²) in [6, 6.07) is 52.2. The van der Waals surface area contributed by atoms with Gasteiger partial charge in [-0.2, -0.15) is 0 Å². The molecule has 6 heteroatoms. The molecule has 8 aromatic carbocycles. The third-order valence-corrected chi connectivity index (χ3v) is 13.9. The van der Waals surface area contributed by atoms with E-state index in [1.807, 2.05) is 68.4 Å². The van der Waals surface area contributed by atoms with Gasteiger partial charge in [-0.05, 0) is 118 Å². The summed E-state index contributed by atoms with van der Waals surface area (Å²) in [6.45, 7) is 17.4. The normalized spacial score (nSPS) is 14.7. The summed E-state index contributed by atoms with van der Waals surface area (Å²) in [5, 5.41) is 0.893. The Morgan fingerprint density at radius 3 is 2.06 bits per heavy atom. The van der Waals surface area contributed by atoms with Crippen LogP contribution in [0.3, 0.4) is 0 Å². The van der Waals surface area contributed by atoms with Crippen molar-refractivity contribution in [3.63, 3.8) is 0 Å². The number of ether oxygens (including phenoxy) is 2. The van der Waals surface area contributed by atoms with Crippen molar-refractivity contribution in [1.82, 2.24) is 9.55 Å². The van der Waals surface area contributed by atoms with Crippen molar-refractivity contribution in [3.8, 4) is 62.2 Å². The molecule has 5 heterocycles. The van der Waals surface area contributed by atoms with Gasteiger partial charge in [0.15, 0.2) is 0 Å². The van der Waals surface area contributed by atoms with Gasteiger partial charge >= 0.3 is 0 Å². The molecule has 0 aliphatic carbocycles. The minimum atomic E-state index is -1.92. The Hall–Kier alpha value is -8.09. The summed E-state index contributed by atoms with van der Waals surface area (Å²) in [7, 11) is 0. The summed E-state index contributed by atoms with van der Waals surface area (Å²) in [5.74, 6) is 2.01. The number of hydrogen-bond donors (Lipinski definition) is 0. The summed E-state index contributed by atoms with van der Waals surface area (Å²) in [6.07, 6.45) is -0.253. The molecule has 3 aliphatic rings. The Morgan fingerprint density at radius 2 is 1.28 bits per heavy atom. The predicted octanol–water partition coefficient (Wildman–Crippen LogP) is 18.1. The molecule has 10 bridgehead atoms. The Morgan fingerprint density at radius 1 is 0.583 bits per heavy atom. The SMILES string of the molecule is [2H]c1c([2H])c([2H])c2c(c1[2H])c1ccc3cc1n2-c1cc(C([2H])([2H])C(C)C)c(cn1)-c1ccccc1Oc1cccc(c1)-c1cc(C(C)(C)C)cc(-c2ccccc2)c1N1CN(c2ccc(C(C)(C)C)c(c2)O3)c2ccccc21. The van der Waals surface area contributed by atoms with Crippen molar-refractivity contribution in [2.75, 3.05) is 16.5 Å². The lowest BCUT2D eigenvalue weighted by Gasteiger charge is -2.30. The van der Waals surface area contributed by atoms with E-state index in [2.05, 4.69) is 148 Å². The third kappa shape index (κ3) is 7.96. The molecule has 0 amide bonds. The standard InChI is InChI=1S/C66H60N4O2/c1-42(2)33-45-35-63-67-40-55(45)52-24-13-17-28-61(52)71-48-22-18-21-44(34-48)54-37-46(65(3,4)5)36-53(43-19-10-9-11-20-43)64(54)69-41-68(58-26-15-16-27-59(58)69)47-29-32-56(66(6,7)8)62(38-47)72-49-30-31-51-50-23-12-14-25-57(50)70(63)60(51)39-49/h9-32,34-40,42H,33,41H2,1-8H3/i12D,14D,23D,25D,33D2. The highest BCUT2D eigenvalue weighted by Gasteiger charge is 2.34. The van der Waals surface area contributed by atoms with E-state index < -0.39 is 12.3 Å². The van der Waals surface area contributed by atoms with Crippen molar-refractivity contribution in [2.45, 2.75) is 72.6 Å². The molecule has 13 rings (SSSR count). The molecule has 10 aromatic rings. The molecule has 356 valence electrons. The molecule has 2 aromatic heterocycles. The Bertz CT molecular complexity index is 4060. The minimum absolute atomic E-state index is 0.183. The first-order chi connectivity index (χ1) is 37.2. The fourth-order valence-electron chi connectivity index (χ4n) is 10.4. The van der Waals surface area contributed by atoms with Crippen LogP contribution in [0.25, 0.3) is 61.0 Å². The molecule has 0 radical (unpaired) electrons. The molecule has 6 nitrogen and oxygen atoms in total. The molecule has 0 unspecified atom stereocenters. The molecule has 0 atom stereocenters. The largest absolute Gasteiger partial charge is 0.457 e. The van der Waals surface area contributed by atoms with Crippen molar-refractivity contribution in [2.24, 2.45) is 5.92 Å². The smallest absolute Gasteiger partial charge is 0.137 e. The number of para-hydroxylation sites is 4. The first kappa shape index (κ1) is 38.6. The van der Waals surface area contributed by atoms with E-state index in [1.54, 1.807) is 16.8 Å². The Kier molecular flexibility index (Phi) is 9.31. The quantitative estimate of drug-likeness (QED) is 0.177. The molecular formula is C66H60N4O2. The van der Waals surface area contributed by atoms with Crippen LogP contribution in [-0.4, -0.2) is 16.2 Å². The van der Waals surface area contributed by atoms with Gasteiger partial charge in [-0.1, -0.05) is 152 Å². The van der Waals surface area contributed by atoms with E-state index in [0.29, 0.717) is 62.6 Å². The van der Waals surface area contributed by atoms with Crippen molar-refractivity contribution in [3.05, 3.63) is 205 Å². The number of benzene rings is 8. The number of aromatic nitrogens is 2. The van der Waals surface area contributed by atoms with E-state index in [1.165, 1.54) is 5.56 Å². The predicted molar refractivity (Wildman–Crippen MR) is 299 cm³/mol. The number of pyridine rings is 1. The van der Waals surface area contributed by atoms with E-state index in [-0.39, 0.29) is 46.3 Å². The molecular weight excluding hydrogens is 881 g/mol. The van der Waals surface area contributed by atoms with E-state index in [4.69, 9.17) is 17.2 Å². The second-order valence-corrected chi connectivity index (χ2v) is 21.3. The first-order valence-electron chi connectivity index (χ1n) is 27.8. The fraction of sp³-hybridized carbons (Fsp3) is 0.197. The lowest BCUT2D eigenvalue weighted by Crippen LogP contribution is -2.25. The highest BCUT2D eigenvalue weighted by Crippen LogP contribution is 2.53. The molecule has 0 saturated carbocycles. The third-order valence-electron chi connectivity index (χ3n) is 13.9. The average Bonchev–Trinajstić information content (AvgIpc) is 4.21. The lowest BCUT2D eigenvalue weighted by molar-refractivity contribution is 0.456. The number of hydrogen-bond acceptors (Lipinski definition) is 5. The van der Waals surface area contributed by atoms with Gasteiger partial charge in [0.1, 0.15) is 35.5 Å².